The highest BCUT2D eigenvalue weighted by Gasteiger charge is 2.37. The second-order valence-electron chi connectivity index (χ2n) is 3.96. The van der Waals surface area contributed by atoms with Crippen LogP contribution in [0.5, 0.6) is 0 Å². The molecule has 0 aromatic rings. The fourth-order valence-corrected chi connectivity index (χ4v) is 2.27. The number of nitrogens with zero attached hydrogens (tertiary/aromatic N) is 1. The molecule has 1 aliphatic carbocycles. The minimum Gasteiger partial charge on any atom is -0.363 e. The third kappa shape index (κ3) is 2.27. The Morgan fingerprint density at radius 1 is 1.71 bits per heavy atom. The smallest absolute Gasteiger partial charge is 0.147 e. The van der Waals surface area contributed by atoms with Crippen molar-refractivity contribution >= 4 is 0 Å². The van der Waals surface area contributed by atoms with Crippen molar-refractivity contribution in [2.45, 2.75) is 32.8 Å². The van der Waals surface area contributed by atoms with Crippen LogP contribution in [0.3, 0.4) is 0 Å². The molecule has 2 nitrogen and oxygen atoms in total. The summed E-state index contributed by atoms with van der Waals surface area (Å²) in [5.41, 5.74) is 0. The molecule has 1 fully saturated rings. The van der Waals surface area contributed by atoms with E-state index in [1.54, 1.807) is 0 Å². The van der Waals surface area contributed by atoms with E-state index in [0.717, 1.165) is 12.8 Å². The molecule has 4 unspecified atom stereocenters. The van der Waals surface area contributed by atoms with Gasteiger partial charge in [0.2, 0.25) is 0 Å². The van der Waals surface area contributed by atoms with Crippen LogP contribution in [0.4, 0.5) is 0 Å². The largest absolute Gasteiger partial charge is 0.363 e. The molecule has 1 rings (SSSR count). The molecule has 0 aromatic heterocycles. The van der Waals surface area contributed by atoms with Crippen LogP contribution in [0.1, 0.15) is 26.7 Å². The molecule has 0 spiro atoms. The summed E-state index contributed by atoms with van der Waals surface area (Å²) in [6.45, 7) is 8.69. The summed E-state index contributed by atoms with van der Waals surface area (Å²) in [4.78, 5) is 0. The highest BCUT2D eigenvalue weighted by molar-refractivity contribution is 5.04. The van der Waals surface area contributed by atoms with Gasteiger partial charge in [-0.2, -0.15) is 5.26 Å². The van der Waals surface area contributed by atoms with Crippen molar-refractivity contribution in [3.8, 4) is 6.07 Å². The lowest BCUT2D eigenvalue weighted by Gasteiger charge is -2.23. The molecule has 2 radical (unpaired) electrons. The van der Waals surface area contributed by atoms with Crippen molar-refractivity contribution in [1.29, 1.82) is 5.26 Å². The Kier molecular flexibility index (Phi) is 4.41. The molecular formula is C12H19NO. The van der Waals surface area contributed by atoms with Gasteiger partial charge in [-0.15, -0.1) is 0 Å². The van der Waals surface area contributed by atoms with Gasteiger partial charge in [-0.3, -0.25) is 0 Å². The highest BCUT2D eigenvalue weighted by Crippen LogP contribution is 2.40. The van der Waals surface area contributed by atoms with E-state index in [1.165, 1.54) is 0 Å². The van der Waals surface area contributed by atoms with Gasteiger partial charge >= 0.3 is 0 Å². The van der Waals surface area contributed by atoms with Crippen LogP contribution in [-0.2, 0) is 4.74 Å². The zero-order valence-electron chi connectivity index (χ0n) is 9.07. The Morgan fingerprint density at radius 3 is 2.86 bits per heavy atom. The van der Waals surface area contributed by atoms with Crippen LogP contribution in [0.15, 0.2) is 0 Å². The monoisotopic (exact) mass is 193 g/mol. The first-order valence-corrected chi connectivity index (χ1v) is 5.38. The van der Waals surface area contributed by atoms with Gasteiger partial charge in [0, 0.05) is 12.5 Å². The van der Waals surface area contributed by atoms with Gasteiger partial charge in [-0.05, 0) is 31.6 Å². The lowest BCUT2D eigenvalue weighted by Crippen LogP contribution is -2.26. The van der Waals surface area contributed by atoms with Gasteiger partial charge < -0.3 is 4.74 Å². The van der Waals surface area contributed by atoms with Gasteiger partial charge in [0.25, 0.3) is 0 Å². The Balaban J connectivity index is 2.56. The summed E-state index contributed by atoms with van der Waals surface area (Å²) in [5, 5.41) is 8.98. The van der Waals surface area contributed by atoms with Crippen LogP contribution in [0, 0.1) is 42.4 Å². The van der Waals surface area contributed by atoms with Crippen molar-refractivity contribution in [1.82, 2.24) is 0 Å². The number of hydrogen-bond donors (Lipinski definition) is 0. The predicted molar refractivity (Wildman–Crippen MR) is 56.1 cm³/mol. The van der Waals surface area contributed by atoms with Crippen molar-refractivity contribution in [2.75, 3.05) is 6.61 Å². The van der Waals surface area contributed by atoms with Gasteiger partial charge in [0.05, 0.1) is 6.07 Å². The summed E-state index contributed by atoms with van der Waals surface area (Å²) in [6, 6.07) is 2.25. The van der Waals surface area contributed by atoms with E-state index in [4.69, 9.17) is 10.00 Å². The minimum atomic E-state index is -0.258. The lowest BCUT2D eigenvalue weighted by molar-refractivity contribution is 0.0533. The second-order valence-corrected chi connectivity index (χ2v) is 3.96. The maximum atomic E-state index is 8.98. The Bertz CT molecular complexity index is 209. The summed E-state index contributed by atoms with van der Waals surface area (Å²) in [5.74, 6) is 1.46. The number of hydrogen-bond acceptors (Lipinski definition) is 2. The number of rotatable bonds is 4. The molecular weight excluding hydrogens is 174 g/mol. The molecule has 0 aliphatic heterocycles. The molecule has 14 heavy (non-hydrogen) atoms. The molecule has 2 heteroatoms. The zero-order valence-corrected chi connectivity index (χ0v) is 9.07. The minimum absolute atomic E-state index is 0.258. The lowest BCUT2D eigenvalue weighted by atomic mass is 9.87. The SMILES string of the molecule is [CH2]CC1C[CH]C(C(C#N)OCC)C1C. The van der Waals surface area contributed by atoms with Crippen molar-refractivity contribution < 1.29 is 4.74 Å². The van der Waals surface area contributed by atoms with E-state index in [0.29, 0.717) is 24.4 Å². The number of nitriles is 1. The van der Waals surface area contributed by atoms with Crippen LogP contribution < -0.4 is 0 Å². The summed E-state index contributed by atoms with van der Waals surface area (Å²) in [6.07, 6.45) is 4.02. The molecule has 0 heterocycles. The average molecular weight is 193 g/mol. The van der Waals surface area contributed by atoms with E-state index in [1.807, 2.05) is 6.92 Å². The van der Waals surface area contributed by atoms with Crippen molar-refractivity contribution in [2.24, 2.45) is 17.8 Å². The summed E-state index contributed by atoms with van der Waals surface area (Å²) < 4.78 is 5.43. The quantitative estimate of drug-likeness (QED) is 0.687. The van der Waals surface area contributed by atoms with E-state index in [9.17, 15) is 0 Å². The third-order valence-electron chi connectivity index (χ3n) is 3.26. The Morgan fingerprint density at radius 2 is 2.43 bits per heavy atom. The molecule has 0 saturated heterocycles. The third-order valence-corrected chi connectivity index (χ3v) is 3.26. The van der Waals surface area contributed by atoms with Crippen molar-refractivity contribution in [3.63, 3.8) is 0 Å². The number of ether oxygens (including phenoxy) is 1. The average Bonchev–Trinajstić information content (AvgIpc) is 2.56. The first-order valence-electron chi connectivity index (χ1n) is 5.38. The first-order chi connectivity index (χ1) is 6.74. The van der Waals surface area contributed by atoms with Crippen LogP contribution in [-0.4, -0.2) is 12.7 Å². The van der Waals surface area contributed by atoms with Crippen LogP contribution in [0.25, 0.3) is 0 Å². The molecule has 1 aliphatic rings. The molecule has 0 N–H and O–H groups in total. The normalized spacial score (nSPS) is 34.0. The highest BCUT2D eigenvalue weighted by atomic mass is 16.5. The maximum Gasteiger partial charge on any atom is 0.147 e. The van der Waals surface area contributed by atoms with E-state index in [-0.39, 0.29) is 6.10 Å². The van der Waals surface area contributed by atoms with Gasteiger partial charge in [-0.25, -0.2) is 0 Å². The standard InChI is InChI=1S/C12H19NO/c1-4-10-6-7-11(9(10)3)12(8-13)14-5-2/h7,9-12H,1,4-6H2,2-3H3. The topological polar surface area (TPSA) is 33.0 Å². The molecule has 78 valence electrons. The van der Waals surface area contributed by atoms with Crippen LogP contribution in [0.2, 0.25) is 0 Å². The molecule has 0 aromatic carbocycles. The molecule has 0 amide bonds. The fourth-order valence-electron chi connectivity index (χ4n) is 2.27. The van der Waals surface area contributed by atoms with E-state index in [2.05, 4.69) is 26.3 Å². The van der Waals surface area contributed by atoms with Crippen molar-refractivity contribution in [3.05, 3.63) is 13.3 Å². The Hall–Kier alpha value is -0.550. The van der Waals surface area contributed by atoms with E-state index >= 15 is 0 Å². The van der Waals surface area contributed by atoms with Gasteiger partial charge in [0.15, 0.2) is 0 Å². The van der Waals surface area contributed by atoms with E-state index < -0.39 is 0 Å². The fraction of sp³-hybridized carbons (Fsp3) is 0.750. The molecule has 1 saturated carbocycles. The summed E-state index contributed by atoms with van der Waals surface area (Å²) >= 11 is 0. The second kappa shape index (κ2) is 5.36. The predicted octanol–water partition coefficient (Wildman–Crippen LogP) is 2.62. The maximum absolute atomic E-state index is 8.98. The van der Waals surface area contributed by atoms with Gasteiger partial charge in [-0.1, -0.05) is 20.3 Å². The summed E-state index contributed by atoms with van der Waals surface area (Å²) in [7, 11) is 0. The Labute approximate surface area is 87.3 Å². The molecule has 4 atom stereocenters. The van der Waals surface area contributed by atoms with Crippen LogP contribution >= 0.6 is 0 Å². The molecule has 0 bridgehead atoms. The van der Waals surface area contributed by atoms with Gasteiger partial charge in [0.1, 0.15) is 6.10 Å². The zero-order chi connectivity index (χ0) is 10.6. The first kappa shape index (κ1) is 11.5.